The first-order valence-corrected chi connectivity index (χ1v) is 16.5. The normalized spacial score (nSPS) is 17.6. The lowest BCUT2D eigenvalue weighted by Crippen LogP contribution is -2.45. The predicted molar refractivity (Wildman–Crippen MR) is 182 cm³/mol. The van der Waals surface area contributed by atoms with Gasteiger partial charge in [0.05, 0.1) is 35.0 Å². The SMILES string of the molecule is CCC1CN(CCNC(=O)c2cnc(C)c(Nc3nn(C)c4nc(Nc5ccnc(N6CCC(CCO)CC6)c5)ncc34)c2)CCO1. The van der Waals surface area contributed by atoms with Crippen LogP contribution in [-0.2, 0) is 11.8 Å². The van der Waals surface area contributed by atoms with Crippen molar-refractivity contribution in [2.24, 2.45) is 13.0 Å². The van der Waals surface area contributed by atoms with E-state index >= 15 is 0 Å². The molecule has 0 saturated carbocycles. The number of nitrogens with zero attached hydrogens (tertiary/aromatic N) is 8. The molecule has 0 aromatic carbocycles. The fourth-order valence-electron chi connectivity index (χ4n) is 6.19. The second-order valence-electron chi connectivity index (χ2n) is 12.3. The van der Waals surface area contributed by atoms with Crippen LogP contribution in [0.15, 0.2) is 36.8 Å². The molecule has 250 valence electrons. The number of aryl methyl sites for hydroxylation is 2. The zero-order valence-corrected chi connectivity index (χ0v) is 27.4. The first-order valence-electron chi connectivity index (χ1n) is 16.5. The lowest BCUT2D eigenvalue weighted by Gasteiger charge is -2.32. The van der Waals surface area contributed by atoms with Crippen LogP contribution in [0, 0.1) is 12.8 Å². The third-order valence-electron chi connectivity index (χ3n) is 9.05. The molecule has 4 N–H and O–H groups in total. The van der Waals surface area contributed by atoms with E-state index in [0.717, 1.165) is 87.6 Å². The van der Waals surface area contributed by atoms with Gasteiger partial charge in [0, 0.05) is 83.3 Å². The van der Waals surface area contributed by atoms with Crippen molar-refractivity contribution >= 4 is 45.9 Å². The summed E-state index contributed by atoms with van der Waals surface area (Å²) in [5.74, 6) is 2.34. The summed E-state index contributed by atoms with van der Waals surface area (Å²) in [6.45, 7) is 9.94. The summed E-state index contributed by atoms with van der Waals surface area (Å²) < 4.78 is 7.45. The van der Waals surface area contributed by atoms with E-state index in [0.29, 0.717) is 41.1 Å². The molecule has 14 heteroatoms. The number of amides is 1. The summed E-state index contributed by atoms with van der Waals surface area (Å²) in [4.78, 5) is 36.0. The average molecular weight is 644 g/mol. The second kappa shape index (κ2) is 15.0. The number of pyridine rings is 2. The van der Waals surface area contributed by atoms with Crippen molar-refractivity contribution in [1.29, 1.82) is 0 Å². The number of hydrogen-bond donors (Lipinski definition) is 4. The van der Waals surface area contributed by atoms with Crippen LogP contribution in [-0.4, -0.2) is 104 Å². The molecular weight excluding hydrogens is 598 g/mol. The minimum atomic E-state index is -0.170. The van der Waals surface area contributed by atoms with Crippen LogP contribution in [0.25, 0.3) is 11.0 Å². The van der Waals surface area contributed by atoms with Crippen LogP contribution in [0.5, 0.6) is 0 Å². The fourth-order valence-corrected chi connectivity index (χ4v) is 6.19. The Kier molecular flexibility index (Phi) is 10.4. The fraction of sp³-hybridized carbons (Fsp3) is 0.515. The minimum absolute atomic E-state index is 0.170. The molecule has 1 unspecified atom stereocenters. The topological polar surface area (TPSA) is 158 Å². The number of carbonyl (C=O) groups excluding carboxylic acids is 1. The number of aromatic nitrogens is 6. The Morgan fingerprint density at radius 3 is 2.77 bits per heavy atom. The molecule has 0 bridgehead atoms. The second-order valence-corrected chi connectivity index (χ2v) is 12.3. The number of morpholine rings is 1. The van der Waals surface area contributed by atoms with E-state index in [9.17, 15) is 9.90 Å². The number of aliphatic hydroxyl groups is 1. The first-order chi connectivity index (χ1) is 22.9. The molecule has 14 nitrogen and oxygen atoms in total. The molecule has 4 aromatic heterocycles. The maximum Gasteiger partial charge on any atom is 0.252 e. The van der Waals surface area contributed by atoms with Gasteiger partial charge in [0.15, 0.2) is 11.5 Å². The van der Waals surface area contributed by atoms with Gasteiger partial charge in [0.1, 0.15) is 5.82 Å². The standard InChI is InChI=1S/C33H45N11O3/c1-4-26-21-43(14-16-47-26)13-10-35-32(46)24-17-28(22(2)36-19-24)39-30-27-20-37-33(40-31(27)42(3)41-30)38-25-5-9-34-29(18-25)44-11-6-23(7-12-44)8-15-45/h5,9,17-20,23,26,45H,4,6-8,10-16,21H2,1-3H3,(H,35,46)(H,39,41)(H,34,37,38,40). The van der Waals surface area contributed by atoms with Crippen LogP contribution in [0.4, 0.5) is 29.0 Å². The Morgan fingerprint density at radius 1 is 1.11 bits per heavy atom. The average Bonchev–Trinajstić information content (AvgIpc) is 3.40. The highest BCUT2D eigenvalue weighted by Gasteiger charge is 2.21. The van der Waals surface area contributed by atoms with Gasteiger partial charge < -0.3 is 30.7 Å². The van der Waals surface area contributed by atoms with E-state index < -0.39 is 0 Å². The van der Waals surface area contributed by atoms with Gasteiger partial charge in [-0.25, -0.2) is 14.6 Å². The van der Waals surface area contributed by atoms with Crippen LogP contribution in [0.2, 0.25) is 0 Å². The highest BCUT2D eigenvalue weighted by molar-refractivity contribution is 5.96. The van der Waals surface area contributed by atoms with Crippen molar-refractivity contribution in [2.45, 2.75) is 45.6 Å². The minimum Gasteiger partial charge on any atom is -0.396 e. The van der Waals surface area contributed by atoms with E-state index in [1.807, 2.05) is 26.1 Å². The number of hydrogen-bond acceptors (Lipinski definition) is 12. The van der Waals surface area contributed by atoms with Crippen LogP contribution in [0.1, 0.15) is 48.7 Å². The van der Waals surface area contributed by atoms with Gasteiger partial charge >= 0.3 is 0 Å². The molecule has 0 aliphatic carbocycles. The molecular formula is C33H45N11O3. The Morgan fingerprint density at radius 2 is 1.96 bits per heavy atom. The number of nitrogens with one attached hydrogen (secondary N) is 3. The van der Waals surface area contributed by atoms with E-state index in [1.54, 1.807) is 29.3 Å². The van der Waals surface area contributed by atoms with E-state index in [-0.39, 0.29) is 18.6 Å². The van der Waals surface area contributed by atoms with Gasteiger partial charge in [-0.15, -0.1) is 0 Å². The van der Waals surface area contributed by atoms with E-state index in [2.05, 4.69) is 52.7 Å². The highest BCUT2D eigenvalue weighted by Crippen LogP contribution is 2.28. The molecule has 6 heterocycles. The Hall–Kier alpha value is -4.40. The lowest BCUT2D eigenvalue weighted by molar-refractivity contribution is -0.0289. The van der Waals surface area contributed by atoms with Crippen molar-refractivity contribution in [3.05, 3.63) is 48.0 Å². The summed E-state index contributed by atoms with van der Waals surface area (Å²) in [6, 6.07) is 5.71. The number of piperidine rings is 1. The molecule has 1 amide bonds. The summed E-state index contributed by atoms with van der Waals surface area (Å²) in [6.07, 6.45) is 9.35. The molecule has 0 spiro atoms. The highest BCUT2D eigenvalue weighted by atomic mass is 16.5. The zero-order chi connectivity index (χ0) is 32.8. The van der Waals surface area contributed by atoms with Gasteiger partial charge in [0.25, 0.3) is 5.91 Å². The van der Waals surface area contributed by atoms with Crippen molar-refractivity contribution < 1.29 is 14.6 Å². The Balaban J connectivity index is 1.09. The Bertz CT molecular complexity index is 1670. The summed E-state index contributed by atoms with van der Waals surface area (Å²) in [5, 5.41) is 24.3. The summed E-state index contributed by atoms with van der Waals surface area (Å²) >= 11 is 0. The quantitative estimate of drug-likeness (QED) is 0.179. The van der Waals surface area contributed by atoms with Crippen molar-refractivity contribution in [2.75, 3.05) is 68.0 Å². The number of carbonyl (C=O) groups is 1. The molecule has 2 fully saturated rings. The number of aliphatic hydroxyl groups excluding tert-OH is 1. The number of ether oxygens (including phenoxy) is 1. The zero-order valence-electron chi connectivity index (χ0n) is 27.4. The monoisotopic (exact) mass is 643 g/mol. The molecule has 47 heavy (non-hydrogen) atoms. The summed E-state index contributed by atoms with van der Waals surface area (Å²) in [5.41, 5.74) is 3.39. The molecule has 4 aromatic rings. The molecule has 0 radical (unpaired) electrons. The third kappa shape index (κ3) is 7.95. The van der Waals surface area contributed by atoms with E-state index in [4.69, 9.17) is 9.72 Å². The molecule has 6 rings (SSSR count). The van der Waals surface area contributed by atoms with Gasteiger partial charge in [-0.2, -0.15) is 10.1 Å². The Labute approximate surface area is 275 Å². The molecule has 2 aliphatic heterocycles. The smallest absolute Gasteiger partial charge is 0.252 e. The van der Waals surface area contributed by atoms with Gasteiger partial charge in [-0.3, -0.25) is 14.7 Å². The number of anilines is 5. The van der Waals surface area contributed by atoms with Crippen LogP contribution in [0.3, 0.4) is 0 Å². The van der Waals surface area contributed by atoms with Gasteiger partial charge in [-0.05, 0) is 50.7 Å². The predicted octanol–water partition coefficient (Wildman–Crippen LogP) is 3.39. The third-order valence-corrected chi connectivity index (χ3v) is 9.05. The molecule has 2 aliphatic rings. The van der Waals surface area contributed by atoms with Gasteiger partial charge in [0.2, 0.25) is 5.95 Å². The van der Waals surface area contributed by atoms with Crippen molar-refractivity contribution in [3.8, 4) is 0 Å². The maximum atomic E-state index is 13.0. The van der Waals surface area contributed by atoms with Crippen molar-refractivity contribution in [3.63, 3.8) is 0 Å². The van der Waals surface area contributed by atoms with Crippen LogP contribution >= 0.6 is 0 Å². The largest absolute Gasteiger partial charge is 0.396 e. The summed E-state index contributed by atoms with van der Waals surface area (Å²) in [7, 11) is 1.83. The van der Waals surface area contributed by atoms with E-state index in [1.165, 1.54) is 0 Å². The van der Waals surface area contributed by atoms with Crippen LogP contribution < -0.4 is 20.9 Å². The maximum absolute atomic E-state index is 13.0. The van der Waals surface area contributed by atoms with Crippen molar-refractivity contribution in [1.82, 2.24) is 39.9 Å². The molecule has 1 atom stereocenters. The lowest BCUT2D eigenvalue weighted by atomic mass is 9.94. The molecule has 2 saturated heterocycles. The number of rotatable bonds is 12. The van der Waals surface area contributed by atoms with Gasteiger partial charge in [-0.1, -0.05) is 6.92 Å². The number of fused-ring (bicyclic) bond motifs is 1. The first kappa shape index (κ1) is 32.5.